The molecule has 0 radical (unpaired) electrons. The van der Waals surface area contributed by atoms with Crippen molar-refractivity contribution in [2.24, 2.45) is 0 Å². The van der Waals surface area contributed by atoms with Crippen molar-refractivity contribution >= 4 is 10.8 Å². The summed E-state index contributed by atoms with van der Waals surface area (Å²) in [4.78, 5) is 4.34. The Morgan fingerprint density at radius 2 is 2.00 bits per heavy atom. The maximum Gasteiger partial charge on any atom is 0.0346 e. The Labute approximate surface area is 109 Å². The van der Waals surface area contributed by atoms with E-state index >= 15 is 0 Å². The summed E-state index contributed by atoms with van der Waals surface area (Å²) in [5, 5.41) is 5.99. The van der Waals surface area contributed by atoms with Gasteiger partial charge in [0.1, 0.15) is 0 Å². The lowest BCUT2D eigenvalue weighted by molar-refractivity contribution is 0.484. The number of aryl methyl sites for hydroxylation is 1. The highest BCUT2D eigenvalue weighted by atomic mass is 14.9. The van der Waals surface area contributed by atoms with Gasteiger partial charge in [0.2, 0.25) is 0 Å². The summed E-state index contributed by atoms with van der Waals surface area (Å²) in [6.07, 6.45) is 8.72. The first-order chi connectivity index (χ1) is 8.85. The molecule has 0 aliphatic rings. The summed E-state index contributed by atoms with van der Waals surface area (Å²) in [7, 11) is 2.06. The molecule has 1 N–H and O–H groups in total. The molecular formula is C16H22N2. The fraction of sp³-hybridized carbons (Fsp3) is 0.438. The van der Waals surface area contributed by atoms with Crippen LogP contribution in [0, 0.1) is 0 Å². The lowest BCUT2D eigenvalue weighted by Gasteiger charge is -2.15. The van der Waals surface area contributed by atoms with Crippen LogP contribution in [0.25, 0.3) is 10.8 Å². The number of rotatable bonds is 6. The summed E-state index contributed by atoms with van der Waals surface area (Å²) in [6, 6.07) is 9.12. The number of hydrogen-bond acceptors (Lipinski definition) is 2. The van der Waals surface area contributed by atoms with Crippen molar-refractivity contribution in [2.45, 2.75) is 38.6 Å². The Balaban J connectivity index is 2.11. The second kappa shape index (κ2) is 6.50. The second-order valence-corrected chi connectivity index (χ2v) is 4.83. The van der Waals surface area contributed by atoms with Crippen LogP contribution in [0.1, 0.15) is 31.7 Å². The Morgan fingerprint density at radius 3 is 2.78 bits per heavy atom. The predicted molar refractivity (Wildman–Crippen MR) is 77.8 cm³/mol. The van der Waals surface area contributed by atoms with Crippen molar-refractivity contribution in [1.82, 2.24) is 10.3 Å². The van der Waals surface area contributed by atoms with Crippen LogP contribution in [-0.4, -0.2) is 18.1 Å². The third-order valence-corrected chi connectivity index (χ3v) is 3.56. The largest absolute Gasteiger partial charge is 0.317 e. The molecule has 2 aromatic rings. The lowest BCUT2D eigenvalue weighted by atomic mass is 9.99. The van der Waals surface area contributed by atoms with Crippen molar-refractivity contribution in [3.8, 4) is 0 Å². The van der Waals surface area contributed by atoms with Crippen molar-refractivity contribution in [3.05, 3.63) is 42.2 Å². The van der Waals surface area contributed by atoms with E-state index in [2.05, 4.69) is 48.5 Å². The van der Waals surface area contributed by atoms with Gasteiger partial charge in [0.25, 0.3) is 0 Å². The quantitative estimate of drug-likeness (QED) is 0.838. The van der Waals surface area contributed by atoms with Crippen LogP contribution in [0.5, 0.6) is 0 Å². The van der Waals surface area contributed by atoms with E-state index in [1.54, 1.807) is 0 Å². The first-order valence-electron chi connectivity index (χ1n) is 6.84. The highest BCUT2D eigenvalue weighted by Gasteiger charge is 2.07. The van der Waals surface area contributed by atoms with Gasteiger partial charge in [0, 0.05) is 23.8 Å². The van der Waals surface area contributed by atoms with Gasteiger partial charge in [0.15, 0.2) is 0 Å². The summed E-state index contributed by atoms with van der Waals surface area (Å²) in [5.41, 5.74) is 1.37. The molecular weight excluding hydrogens is 220 g/mol. The van der Waals surface area contributed by atoms with Gasteiger partial charge in [-0.2, -0.15) is 0 Å². The number of hydrogen-bond donors (Lipinski definition) is 1. The molecule has 0 amide bonds. The predicted octanol–water partition coefficient (Wildman–Crippen LogP) is 3.56. The molecule has 0 fully saturated rings. The van der Waals surface area contributed by atoms with Gasteiger partial charge in [-0.3, -0.25) is 4.98 Å². The Morgan fingerprint density at radius 1 is 1.17 bits per heavy atom. The molecule has 0 aliphatic heterocycles. The molecule has 0 spiro atoms. The van der Waals surface area contributed by atoms with Gasteiger partial charge >= 0.3 is 0 Å². The van der Waals surface area contributed by atoms with Crippen molar-refractivity contribution < 1.29 is 0 Å². The van der Waals surface area contributed by atoms with Crippen LogP contribution in [0.3, 0.4) is 0 Å². The van der Waals surface area contributed by atoms with E-state index in [9.17, 15) is 0 Å². The van der Waals surface area contributed by atoms with Gasteiger partial charge in [-0.15, -0.1) is 0 Å². The minimum atomic E-state index is 0.619. The highest BCUT2D eigenvalue weighted by Crippen LogP contribution is 2.19. The lowest BCUT2D eigenvalue weighted by Crippen LogP contribution is -2.25. The maximum atomic E-state index is 4.34. The third kappa shape index (κ3) is 3.08. The molecule has 18 heavy (non-hydrogen) atoms. The molecule has 1 atom stereocenters. The molecule has 1 aromatic heterocycles. The molecule has 0 saturated heterocycles. The van der Waals surface area contributed by atoms with E-state index in [-0.39, 0.29) is 0 Å². The Bertz CT molecular complexity index is 488. The number of nitrogens with one attached hydrogen (secondary N) is 1. The standard InChI is InChI=1S/C16H22N2/c1-3-6-15(17-2)10-9-14-12-18-11-13-7-4-5-8-16(13)14/h4-5,7-8,11-12,15,17H,3,6,9-10H2,1-2H3. The van der Waals surface area contributed by atoms with E-state index in [0.29, 0.717) is 6.04 Å². The highest BCUT2D eigenvalue weighted by molar-refractivity contribution is 5.84. The van der Waals surface area contributed by atoms with Gasteiger partial charge in [0.05, 0.1) is 0 Å². The number of aromatic nitrogens is 1. The molecule has 2 rings (SSSR count). The van der Waals surface area contributed by atoms with Crippen molar-refractivity contribution in [2.75, 3.05) is 7.05 Å². The average molecular weight is 242 g/mol. The monoisotopic (exact) mass is 242 g/mol. The normalized spacial score (nSPS) is 12.8. The van der Waals surface area contributed by atoms with E-state index in [4.69, 9.17) is 0 Å². The van der Waals surface area contributed by atoms with E-state index in [1.807, 2.05) is 12.4 Å². The molecule has 2 nitrogen and oxygen atoms in total. The number of nitrogens with zero attached hydrogens (tertiary/aromatic N) is 1. The zero-order valence-electron chi connectivity index (χ0n) is 11.3. The fourth-order valence-electron chi connectivity index (χ4n) is 2.49. The molecule has 96 valence electrons. The van der Waals surface area contributed by atoms with Crippen molar-refractivity contribution in [1.29, 1.82) is 0 Å². The summed E-state index contributed by atoms with van der Waals surface area (Å²) < 4.78 is 0. The fourth-order valence-corrected chi connectivity index (χ4v) is 2.49. The van der Waals surface area contributed by atoms with Crippen LogP contribution >= 0.6 is 0 Å². The van der Waals surface area contributed by atoms with Crippen LogP contribution in [-0.2, 0) is 6.42 Å². The minimum Gasteiger partial charge on any atom is -0.317 e. The van der Waals surface area contributed by atoms with Crippen molar-refractivity contribution in [3.63, 3.8) is 0 Å². The number of benzene rings is 1. The summed E-state index contributed by atoms with van der Waals surface area (Å²) >= 11 is 0. The zero-order chi connectivity index (χ0) is 12.8. The molecule has 1 unspecified atom stereocenters. The van der Waals surface area contributed by atoms with Gasteiger partial charge < -0.3 is 5.32 Å². The Kier molecular flexibility index (Phi) is 4.71. The zero-order valence-corrected chi connectivity index (χ0v) is 11.3. The second-order valence-electron chi connectivity index (χ2n) is 4.83. The summed E-state index contributed by atoms with van der Waals surface area (Å²) in [6.45, 7) is 2.24. The van der Waals surface area contributed by atoms with E-state index in [1.165, 1.54) is 35.6 Å². The Hall–Kier alpha value is -1.41. The average Bonchev–Trinajstić information content (AvgIpc) is 2.43. The van der Waals surface area contributed by atoms with Gasteiger partial charge in [-0.05, 0) is 37.3 Å². The topological polar surface area (TPSA) is 24.9 Å². The van der Waals surface area contributed by atoms with Crippen LogP contribution < -0.4 is 5.32 Å². The molecule has 2 heteroatoms. The van der Waals surface area contributed by atoms with E-state index < -0.39 is 0 Å². The molecule has 0 saturated carbocycles. The minimum absolute atomic E-state index is 0.619. The van der Waals surface area contributed by atoms with Crippen LogP contribution in [0.2, 0.25) is 0 Å². The first kappa shape index (κ1) is 13.0. The third-order valence-electron chi connectivity index (χ3n) is 3.56. The number of pyridine rings is 1. The molecule has 0 aliphatic carbocycles. The molecule has 1 aromatic carbocycles. The van der Waals surface area contributed by atoms with Gasteiger partial charge in [-0.25, -0.2) is 0 Å². The first-order valence-corrected chi connectivity index (χ1v) is 6.84. The van der Waals surface area contributed by atoms with Crippen LogP contribution in [0.4, 0.5) is 0 Å². The van der Waals surface area contributed by atoms with Crippen LogP contribution in [0.15, 0.2) is 36.7 Å². The maximum absolute atomic E-state index is 4.34. The smallest absolute Gasteiger partial charge is 0.0346 e. The van der Waals surface area contributed by atoms with Gasteiger partial charge in [-0.1, -0.05) is 37.6 Å². The molecule has 0 bridgehead atoms. The van der Waals surface area contributed by atoms with E-state index in [0.717, 1.165) is 6.42 Å². The summed E-state index contributed by atoms with van der Waals surface area (Å²) in [5.74, 6) is 0. The number of fused-ring (bicyclic) bond motifs is 1. The SMILES string of the molecule is CCCC(CCc1cncc2ccccc12)NC. The molecule has 1 heterocycles.